The Morgan fingerprint density at radius 3 is 2.55 bits per heavy atom. The molecular weight excluding hydrogens is 275 g/mol. The van der Waals surface area contributed by atoms with E-state index in [9.17, 15) is 13.2 Å². The van der Waals surface area contributed by atoms with Gasteiger partial charge in [-0.15, -0.1) is 13.2 Å². The fourth-order valence-electron chi connectivity index (χ4n) is 2.12. The molecule has 0 aliphatic carbocycles. The van der Waals surface area contributed by atoms with Crippen LogP contribution in [0.5, 0.6) is 5.75 Å². The van der Waals surface area contributed by atoms with Crippen LogP contribution in [0, 0.1) is 0 Å². The van der Waals surface area contributed by atoms with Crippen molar-refractivity contribution >= 4 is 0 Å². The zero-order valence-corrected chi connectivity index (χ0v) is 10.9. The van der Waals surface area contributed by atoms with E-state index in [1.165, 1.54) is 12.1 Å². The van der Waals surface area contributed by atoms with Gasteiger partial charge in [0, 0.05) is 18.0 Å². The van der Waals surface area contributed by atoms with Crippen LogP contribution < -0.4 is 10.1 Å². The van der Waals surface area contributed by atoms with Crippen LogP contribution in [0.15, 0.2) is 24.3 Å². The Bertz CT molecular complexity index is 433. The monoisotopic (exact) mass is 291 g/mol. The van der Waals surface area contributed by atoms with E-state index in [4.69, 9.17) is 9.47 Å². The molecule has 0 amide bonds. The number of alkyl halides is 3. The van der Waals surface area contributed by atoms with E-state index < -0.39 is 12.7 Å². The summed E-state index contributed by atoms with van der Waals surface area (Å²) in [6, 6.07) is 5.71. The van der Waals surface area contributed by atoms with Crippen LogP contribution in [-0.2, 0) is 9.47 Å². The van der Waals surface area contributed by atoms with E-state index in [0.717, 1.165) is 0 Å². The van der Waals surface area contributed by atoms with Crippen LogP contribution >= 0.6 is 0 Å². The number of nitrogens with one attached hydrogen (secondary N) is 1. The first-order valence-electron chi connectivity index (χ1n) is 6.25. The number of ether oxygens (including phenoxy) is 3. The third-order valence-electron chi connectivity index (χ3n) is 2.99. The van der Waals surface area contributed by atoms with Crippen LogP contribution in [0.3, 0.4) is 0 Å². The molecule has 1 fully saturated rings. The van der Waals surface area contributed by atoms with Crippen molar-refractivity contribution in [1.29, 1.82) is 0 Å². The number of para-hydroxylation sites is 1. The molecule has 1 heterocycles. The van der Waals surface area contributed by atoms with Crippen LogP contribution in [0.25, 0.3) is 0 Å². The first kappa shape index (κ1) is 15.1. The number of rotatable bonds is 5. The minimum absolute atomic E-state index is 0.211. The van der Waals surface area contributed by atoms with Gasteiger partial charge in [-0.2, -0.15) is 0 Å². The van der Waals surface area contributed by atoms with Gasteiger partial charge in [-0.25, -0.2) is 0 Å². The quantitative estimate of drug-likeness (QED) is 0.905. The molecule has 1 aliphatic rings. The van der Waals surface area contributed by atoms with Gasteiger partial charge in [-0.1, -0.05) is 18.2 Å². The highest BCUT2D eigenvalue weighted by Gasteiger charge is 2.33. The highest BCUT2D eigenvalue weighted by atomic mass is 19.4. The predicted molar refractivity (Wildman–Crippen MR) is 65.2 cm³/mol. The molecule has 1 unspecified atom stereocenters. The lowest BCUT2D eigenvalue weighted by Crippen LogP contribution is -2.25. The van der Waals surface area contributed by atoms with Crippen molar-refractivity contribution in [2.75, 3.05) is 20.3 Å². The summed E-state index contributed by atoms with van der Waals surface area (Å²) in [5.74, 6) is -0.211. The van der Waals surface area contributed by atoms with Crippen LogP contribution in [0.2, 0.25) is 0 Å². The van der Waals surface area contributed by atoms with Crippen molar-refractivity contribution in [3.05, 3.63) is 29.8 Å². The molecule has 20 heavy (non-hydrogen) atoms. The summed E-state index contributed by atoms with van der Waals surface area (Å²) in [5, 5.41) is 2.96. The van der Waals surface area contributed by atoms with Gasteiger partial charge in [0.05, 0.1) is 13.2 Å². The SMILES string of the molecule is CNC(CC1OCCO1)c1ccccc1OC(F)(F)F. The molecule has 0 spiro atoms. The number of hydrogen-bond acceptors (Lipinski definition) is 4. The van der Waals surface area contributed by atoms with Crippen molar-refractivity contribution in [3.63, 3.8) is 0 Å². The van der Waals surface area contributed by atoms with Crippen molar-refractivity contribution in [3.8, 4) is 5.75 Å². The maximum absolute atomic E-state index is 12.4. The molecule has 0 aromatic heterocycles. The molecule has 1 N–H and O–H groups in total. The van der Waals surface area contributed by atoms with Gasteiger partial charge in [-0.3, -0.25) is 0 Å². The average Bonchev–Trinajstić information content (AvgIpc) is 2.88. The highest BCUT2D eigenvalue weighted by Crippen LogP contribution is 2.32. The second-order valence-electron chi connectivity index (χ2n) is 4.33. The fourth-order valence-corrected chi connectivity index (χ4v) is 2.12. The molecule has 1 atom stereocenters. The molecule has 0 bridgehead atoms. The lowest BCUT2D eigenvalue weighted by atomic mass is 10.0. The Hall–Kier alpha value is -1.31. The van der Waals surface area contributed by atoms with E-state index >= 15 is 0 Å². The Morgan fingerprint density at radius 2 is 1.95 bits per heavy atom. The molecule has 1 aliphatic heterocycles. The normalized spacial score (nSPS) is 18.2. The van der Waals surface area contributed by atoms with Crippen molar-refractivity contribution < 1.29 is 27.4 Å². The van der Waals surface area contributed by atoms with Gasteiger partial charge >= 0.3 is 6.36 Å². The third-order valence-corrected chi connectivity index (χ3v) is 2.99. The molecule has 112 valence electrons. The van der Waals surface area contributed by atoms with Crippen molar-refractivity contribution in [2.24, 2.45) is 0 Å². The standard InChI is InChI=1S/C13H16F3NO3/c1-17-10(8-12-18-6-7-19-12)9-4-2-3-5-11(9)20-13(14,15)16/h2-5,10,12,17H,6-8H2,1H3. The van der Waals surface area contributed by atoms with Gasteiger partial charge in [-0.05, 0) is 13.1 Å². The van der Waals surface area contributed by atoms with Gasteiger partial charge < -0.3 is 19.5 Å². The first-order chi connectivity index (χ1) is 9.49. The topological polar surface area (TPSA) is 39.7 Å². The Labute approximate surface area is 114 Å². The summed E-state index contributed by atoms with van der Waals surface area (Å²) in [4.78, 5) is 0. The summed E-state index contributed by atoms with van der Waals surface area (Å²) in [6.45, 7) is 1.00. The Morgan fingerprint density at radius 1 is 1.30 bits per heavy atom. The minimum Gasteiger partial charge on any atom is -0.405 e. The molecule has 0 radical (unpaired) electrons. The summed E-state index contributed by atoms with van der Waals surface area (Å²) < 4.78 is 51.9. The second kappa shape index (κ2) is 6.43. The fraction of sp³-hybridized carbons (Fsp3) is 0.538. The van der Waals surface area contributed by atoms with Crippen LogP contribution in [-0.4, -0.2) is 32.9 Å². The Kier molecular flexibility index (Phi) is 4.85. The molecule has 4 nitrogen and oxygen atoms in total. The van der Waals surface area contributed by atoms with E-state index in [1.54, 1.807) is 19.2 Å². The van der Waals surface area contributed by atoms with Gasteiger partial charge in [0.25, 0.3) is 0 Å². The predicted octanol–water partition coefficient (Wildman–Crippen LogP) is 2.61. The smallest absolute Gasteiger partial charge is 0.405 e. The summed E-state index contributed by atoms with van der Waals surface area (Å²) in [7, 11) is 1.67. The highest BCUT2D eigenvalue weighted by molar-refractivity contribution is 5.36. The van der Waals surface area contributed by atoms with E-state index in [0.29, 0.717) is 25.2 Å². The lowest BCUT2D eigenvalue weighted by molar-refractivity contribution is -0.275. The average molecular weight is 291 g/mol. The molecule has 1 saturated heterocycles. The second-order valence-corrected chi connectivity index (χ2v) is 4.33. The van der Waals surface area contributed by atoms with Crippen molar-refractivity contribution in [1.82, 2.24) is 5.32 Å². The third kappa shape index (κ3) is 4.09. The number of halogens is 3. The van der Waals surface area contributed by atoms with E-state index in [1.807, 2.05) is 0 Å². The van der Waals surface area contributed by atoms with E-state index in [-0.39, 0.29) is 11.8 Å². The molecule has 1 aromatic rings. The van der Waals surface area contributed by atoms with Gasteiger partial charge in [0.15, 0.2) is 6.29 Å². The number of benzene rings is 1. The lowest BCUT2D eigenvalue weighted by Gasteiger charge is -2.22. The first-order valence-corrected chi connectivity index (χ1v) is 6.25. The van der Waals surface area contributed by atoms with Gasteiger partial charge in [0.2, 0.25) is 0 Å². The molecule has 0 saturated carbocycles. The number of hydrogen-bond donors (Lipinski definition) is 1. The summed E-state index contributed by atoms with van der Waals surface area (Å²) >= 11 is 0. The molecule has 1 aromatic carbocycles. The molecule has 7 heteroatoms. The zero-order chi connectivity index (χ0) is 14.6. The summed E-state index contributed by atoms with van der Waals surface area (Å²) in [6.07, 6.45) is -4.71. The zero-order valence-electron chi connectivity index (χ0n) is 10.9. The van der Waals surface area contributed by atoms with Gasteiger partial charge in [0.1, 0.15) is 5.75 Å². The maximum atomic E-state index is 12.4. The molecular formula is C13H16F3NO3. The van der Waals surface area contributed by atoms with Crippen molar-refractivity contribution in [2.45, 2.75) is 25.1 Å². The molecule has 2 rings (SSSR count). The van der Waals surface area contributed by atoms with Crippen LogP contribution in [0.4, 0.5) is 13.2 Å². The van der Waals surface area contributed by atoms with Crippen LogP contribution in [0.1, 0.15) is 18.0 Å². The largest absolute Gasteiger partial charge is 0.573 e. The maximum Gasteiger partial charge on any atom is 0.573 e. The minimum atomic E-state index is -4.71. The summed E-state index contributed by atoms with van der Waals surface area (Å²) in [5.41, 5.74) is 0.423. The Balaban J connectivity index is 2.15. The van der Waals surface area contributed by atoms with E-state index in [2.05, 4.69) is 10.1 Å².